The van der Waals surface area contributed by atoms with Crippen molar-refractivity contribution < 1.29 is 10.0 Å². The third-order valence-electron chi connectivity index (χ3n) is 1.75. The Hall–Kier alpha value is -1.38. The lowest BCUT2D eigenvalue weighted by Gasteiger charge is -1.99. The number of nitro groups is 1. The highest BCUT2D eigenvalue weighted by molar-refractivity contribution is 9.09. The van der Waals surface area contributed by atoms with Crippen LogP contribution in [0.5, 0.6) is 0 Å². The summed E-state index contributed by atoms with van der Waals surface area (Å²) in [5.74, 6) is 5.51. The van der Waals surface area contributed by atoms with E-state index < -0.39 is 4.92 Å². The summed E-state index contributed by atoms with van der Waals surface area (Å²) in [6.45, 7) is -0.345. The number of alkyl halides is 1. The van der Waals surface area contributed by atoms with Crippen molar-refractivity contribution in [3.05, 3.63) is 39.4 Å². The lowest BCUT2D eigenvalue weighted by molar-refractivity contribution is -0.385. The maximum Gasteiger partial charge on any atom is 0.276 e. The Balaban J connectivity index is 3.16. The molecule has 1 rings (SSSR count). The van der Waals surface area contributed by atoms with Crippen molar-refractivity contribution >= 4 is 21.6 Å². The van der Waals surface area contributed by atoms with Crippen LogP contribution < -0.4 is 0 Å². The third-order valence-corrected chi connectivity index (χ3v) is 2.03. The fraction of sp³-hybridized carbons (Fsp3) is 0.200. The number of halogens is 1. The van der Waals surface area contributed by atoms with Crippen LogP contribution in [0.3, 0.4) is 0 Å². The van der Waals surface area contributed by atoms with Crippen LogP contribution in [0.4, 0.5) is 5.69 Å². The van der Waals surface area contributed by atoms with Gasteiger partial charge in [-0.1, -0.05) is 27.8 Å². The first-order chi connectivity index (χ1) is 7.19. The maximum absolute atomic E-state index is 10.6. The Bertz CT molecular complexity index is 434. The number of nitrogens with zero attached hydrogens (tertiary/aromatic N) is 1. The monoisotopic (exact) mass is 269 g/mol. The van der Waals surface area contributed by atoms with E-state index in [-0.39, 0.29) is 12.3 Å². The van der Waals surface area contributed by atoms with E-state index >= 15 is 0 Å². The molecule has 5 heteroatoms. The van der Waals surface area contributed by atoms with Gasteiger partial charge in [0.05, 0.1) is 22.4 Å². The number of benzene rings is 1. The van der Waals surface area contributed by atoms with Gasteiger partial charge in [-0.2, -0.15) is 0 Å². The summed E-state index contributed by atoms with van der Waals surface area (Å²) >= 11 is 3.13. The van der Waals surface area contributed by atoms with Crippen molar-refractivity contribution in [1.82, 2.24) is 0 Å². The van der Waals surface area contributed by atoms with Crippen LogP contribution in [0.15, 0.2) is 18.2 Å². The molecule has 0 aliphatic rings. The van der Waals surface area contributed by atoms with E-state index in [1.54, 1.807) is 6.07 Å². The quantitative estimate of drug-likeness (QED) is 0.386. The number of hydrogen-bond donors (Lipinski definition) is 1. The Kier molecular flexibility index (Phi) is 4.28. The van der Waals surface area contributed by atoms with E-state index in [4.69, 9.17) is 5.11 Å². The molecule has 0 spiro atoms. The summed E-state index contributed by atoms with van der Waals surface area (Å²) in [7, 11) is 0. The van der Waals surface area contributed by atoms with Gasteiger partial charge in [-0.25, -0.2) is 0 Å². The average molecular weight is 270 g/mol. The molecule has 0 atom stereocenters. The van der Waals surface area contributed by atoms with Crippen molar-refractivity contribution in [1.29, 1.82) is 0 Å². The van der Waals surface area contributed by atoms with Crippen LogP contribution in [0, 0.1) is 22.0 Å². The molecule has 1 aromatic rings. The predicted molar refractivity (Wildman–Crippen MR) is 59.7 cm³/mol. The lowest BCUT2D eigenvalue weighted by Crippen LogP contribution is -1.95. The maximum atomic E-state index is 10.6. The minimum absolute atomic E-state index is 0.0983. The van der Waals surface area contributed by atoms with Crippen molar-refractivity contribution in [2.45, 2.75) is 6.61 Å². The lowest BCUT2D eigenvalue weighted by atomic mass is 10.1. The second kappa shape index (κ2) is 5.49. The van der Waals surface area contributed by atoms with Crippen molar-refractivity contribution in [3.63, 3.8) is 0 Å². The molecule has 0 bridgehead atoms. The van der Waals surface area contributed by atoms with Crippen molar-refractivity contribution in [2.75, 3.05) is 5.33 Å². The Labute approximate surface area is 95.2 Å². The topological polar surface area (TPSA) is 63.4 Å². The number of nitro benzene ring substituents is 1. The molecule has 0 unspecified atom stereocenters. The Morgan fingerprint density at radius 3 is 2.80 bits per heavy atom. The molecule has 1 N–H and O–H groups in total. The third kappa shape index (κ3) is 3.05. The van der Waals surface area contributed by atoms with Gasteiger partial charge in [-0.15, -0.1) is 0 Å². The molecule has 0 radical (unpaired) electrons. The second-order valence-electron chi connectivity index (χ2n) is 2.69. The fourth-order valence-corrected chi connectivity index (χ4v) is 1.22. The van der Waals surface area contributed by atoms with Crippen LogP contribution in [0.2, 0.25) is 0 Å². The number of aliphatic hydroxyl groups is 1. The highest BCUT2D eigenvalue weighted by Crippen LogP contribution is 2.19. The first kappa shape index (κ1) is 11.7. The minimum Gasteiger partial charge on any atom is -0.391 e. The van der Waals surface area contributed by atoms with E-state index in [2.05, 4.69) is 27.8 Å². The zero-order valence-electron chi connectivity index (χ0n) is 7.74. The van der Waals surface area contributed by atoms with Crippen LogP contribution in [-0.4, -0.2) is 15.4 Å². The highest BCUT2D eigenvalue weighted by atomic mass is 79.9. The molecule has 0 fully saturated rings. The average Bonchev–Trinajstić information content (AvgIpc) is 2.25. The normalized spacial score (nSPS) is 9.20. The van der Waals surface area contributed by atoms with Gasteiger partial charge in [0.25, 0.3) is 5.69 Å². The van der Waals surface area contributed by atoms with E-state index in [0.717, 1.165) is 0 Å². The summed E-state index contributed by atoms with van der Waals surface area (Å²) in [4.78, 5) is 10.1. The van der Waals surface area contributed by atoms with Gasteiger partial charge < -0.3 is 5.11 Å². The predicted octanol–water partition coefficient (Wildman–Crippen LogP) is 1.83. The highest BCUT2D eigenvalue weighted by Gasteiger charge is 2.12. The summed E-state index contributed by atoms with van der Waals surface area (Å²) < 4.78 is 0. The number of hydrogen-bond acceptors (Lipinski definition) is 3. The molecule has 0 aliphatic heterocycles. The first-order valence-electron chi connectivity index (χ1n) is 4.12. The van der Waals surface area contributed by atoms with Gasteiger partial charge in [-0.3, -0.25) is 10.1 Å². The van der Waals surface area contributed by atoms with E-state index in [1.807, 2.05) is 0 Å². The van der Waals surface area contributed by atoms with Gasteiger partial charge in [0.1, 0.15) is 0 Å². The summed E-state index contributed by atoms with van der Waals surface area (Å²) in [6, 6.07) is 4.52. The van der Waals surface area contributed by atoms with Crippen molar-refractivity contribution in [3.8, 4) is 11.8 Å². The van der Waals surface area contributed by atoms with Gasteiger partial charge in [-0.05, 0) is 12.1 Å². The second-order valence-corrected chi connectivity index (χ2v) is 3.25. The Morgan fingerprint density at radius 1 is 1.53 bits per heavy atom. The van der Waals surface area contributed by atoms with E-state index in [0.29, 0.717) is 16.5 Å². The molecule has 0 saturated carbocycles. The van der Waals surface area contributed by atoms with Gasteiger partial charge in [0, 0.05) is 11.6 Å². The van der Waals surface area contributed by atoms with Crippen LogP contribution in [0.1, 0.15) is 11.1 Å². The van der Waals surface area contributed by atoms with E-state index in [1.165, 1.54) is 12.1 Å². The molecule has 78 valence electrons. The molecule has 0 aromatic heterocycles. The molecular weight excluding hydrogens is 262 g/mol. The van der Waals surface area contributed by atoms with Gasteiger partial charge in [0.15, 0.2) is 0 Å². The largest absolute Gasteiger partial charge is 0.391 e. The van der Waals surface area contributed by atoms with Crippen molar-refractivity contribution in [2.24, 2.45) is 0 Å². The molecule has 15 heavy (non-hydrogen) atoms. The van der Waals surface area contributed by atoms with Gasteiger partial charge >= 0.3 is 0 Å². The number of rotatable bonds is 2. The number of aliphatic hydroxyl groups excluding tert-OH is 1. The van der Waals surface area contributed by atoms with E-state index in [9.17, 15) is 10.1 Å². The van der Waals surface area contributed by atoms with Crippen LogP contribution in [0.25, 0.3) is 0 Å². The standard InChI is InChI=1S/C10H8BrNO3/c11-5-1-2-8-3-4-9(7-13)10(6-8)12(14)15/h3-4,6,13H,5,7H2. The molecular formula is C10H8BrNO3. The smallest absolute Gasteiger partial charge is 0.276 e. The fourth-order valence-electron chi connectivity index (χ4n) is 1.08. The molecule has 0 amide bonds. The minimum atomic E-state index is -0.523. The zero-order chi connectivity index (χ0) is 11.3. The molecule has 0 heterocycles. The first-order valence-corrected chi connectivity index (χ1v) is 5.24. The van der Waals surface area contributed by atoms with Crippen LogP contribution >= 0.6 is 15.9 Å². The SMILES string of the molecule is O=[N+]([O-])c1cc(C#CCBr)ccc1CO. The molecule has 0 aliphatic carbocycles. The van der Waals surface area contributed by atoms with Crippen LogP contribution in [-0.2, 0) is 6.61 Å². The molecule has 0 saturated heterocycles. The molecule has 1 aromatic carbocycles. The van der Waals surface area contributed by atoms with Gasteiger partial charge in [0.2, 0.25) is 0 Å². The Morgan fingerprint density at radius 2 is 2.27 bits per heavy atom. The molecule has 4 nitrogen and oxygen atoms in total. The summed E-state index contributed by atoms with van der Waals surface area (Å²) in [6.07, 6.45) is 0. The summed E-state index contributed by atoms with van der Waals surface area (Å²) in [5, 5.41) is 20.0. The summed E-state index contributed by atoms with van der Waals surface area (Å²) in [5.41, 5.74) is 0.765. The zero-order valence-corrected chi connectivity index (χ0v) is 9.32.